The fourth-order valence-corrected chi connectivity index (χ4v) is 1.89. The molecule has 0 spiro atoms. The lowest BCUT2D eigenvalue weighted by molar-refractivity contribution is 0.191. The van der Waals surface area contributed by atoms with Crippen molar-refractivity contribution in [3.05, 3.63) is 22.7 Å². The highest BCUT2D eigenvalue weighted by Gasteiger charge is 2.11. The maximum Gasteiger partial charge on any atom is 0.162 e. The van der Waals surface area contributed by atoms with Crippen LogP contribution in [0, 0.1) is 0 Å². The van der Waals surface area contributed by atoms with E-state index in [2.05, 4.69) is 5.32 Å². The molecule has 19 heavy (non-hydrogen) atoms. The van der Waals surface area contributed by atoms with E-state index in [0.29, 0.717) is 42.8 Å². The Morgan fingerprint density at radius 3 is 2.32 bits per heavy atom. The third kappa shape index (κ3) is 5.27. The molecule has 1 unspecified atom stereocenters. The minimum Gasteiger partial charge on any atom is -0.490 e. The van der Waals surface area contributed by atoms with Gasteiger partial charge in [-0.1, -0.05) is 11.6 Å². The molecule has 108 valence electrons. The molecule has 0 amide bonds. The summed E-state index contributed by atoms with van der Waals surface area (Å²) in [4.78, 5) is 0. The van der Waals surface area contributed by atoms with E-state index in [1.54, 1.807) is 13.0 Å². The SMILES string of the molecule is CCOc1cc(Cl)c(CNCC(C)O)cc1OCC. The van der Waals surface area contributed by atoms with Crippen molar-refractivity contribution in [1.82, 2.24) is 5.32 Å². The zero-order valence-electron chi connectivity index (χ0n) is 11.7. The third-order valence-electron chi connectivity index (χ3n) is 2.47. The number of aliphatic hydroxyl groups excluding tert-OH is 1. The first-order chi connectivity index (χ1) is 9.08. The van der Waals surface area contributed by atoms with Crippen molar-refractivity contribution in [2.24, 2.45) is 0 Å². The highest BCUT2D eigenvalue weighted by atomic mass is 35.5. The summed E-state index contributed by atoms with van der Waals surface area (Å²) < 4.78 is 11.1. The number of benzene rings is 1. The van der Waals surface area contributed by atoms with Gasteiger partial charge in [-0.3, -0.25) is 0 Å². The lowest BCUT2D eigenvalue weighted by Crippen LogP contribution is -2.24. The third-order valence-corrected chi connectivity index (χ3v) is 2.82. The van der Waals surface area contributed by atoms with Crippen molar-refractivity contribution in [2.75, 3.05) is 19.8 Å². The summed E-state index contributed by atoms with van der Waals surface area (Å²) >= 11 is 6.21. The number of aliphatic hydroxyl groups is 1. The van der Waals surface area contributed by atoms with E-state index in [1.807, 2.05) is 19.9 Å². The Balaban J connectivity index is 2.83. The maximum atomic E-state index is 9.21. The van der Waals surface area contributed by atoms with Crippen LogP contribution >= 0.6 is 11.6 Å². The van der Waals surface area contributed by atoms with Gasteiger partial charge < -0.3 is 19.9 Å². The molecule has 0 aliphatic heterocycles. The van der Waals surface area contributed by atoms with Gasteiger partial charge in [0.1, 0.15) is 0 Å². The first kappa shape index (κ1) is 16.1. The number of ether oxygens (including phenoxy) is 2. The van der Waals surface area contributed by atoms with Crippen LogP contribution in [0.5, 0.6) is 11.5 Å². The molecule has 0 fully saturated rings. The first-order valence-corrected chi connectivity index (χ1v) is 6.93. The van der Waals surface area contributed by atoms with Gasteiger partial charge >= 0.3 is 0 Å². The Bertz CT molecular complexity index is 397. The van der Waals surface area contributed by atoms with Crippen molar-refractivity contribution in [1.29, 1.82) is 0 Å². The van der Waals surface area contributed by atoms with E-state index in [9.17, 15) is 5.11 Å². The van der Waals surface area contributed by atoms with Gasteiger partial charge in [0, 0.05) is 24.2 Å². The van der Waals surface area contributed by atoms with Gasteiger partial charge in [-0.15, -0.1) is 0 Å². The number of rotatable bonds is 8. The Kier molecular flexibility index (Phi) is 6.99. The van der Waals surface area contributed by atoms with Gasteiger partial charge in [-0.25, -0.2) is 0 Å². The molecule has 2 N–H and O–H groups in total. The second kappa shape index (κ2) is 8.25. The van der Waals surface area contributed by atoms with Crippen molar-refractivity contribution in [2.45, 2.75) is 33.4 Å². The minimum atomic E-state index is -0.382. The molecule has 5 heteroatoms. The average molecular weight is 288 g/mol. The van der Waals surface area contributed by atoms with Gasteiger partial charge in [-0.2, -0.15) is 0 Å². The standard InChI is InChI=1S/C14H22ClNO3/c1-4-18-13-6-11(9-16-8-10(3)17)12(15)7-14(13)19-5-2/h6-7,10,16-17H,4-5,8-9H2,1-3H3. The predicted molar refractivity (Wildman–Crippen MR) is 77.2 cm³/mol. The van der Waals surface area contributed by atoms with Crippen LogP contribution in [0.25, 0.3) is 0 Å². The number of halogens is 1. The molecule has 0 radical (unpaired) electrons. The zero-order valence-corrected chi connectivity index (χ0v) is 12.5. The van der Waals surface area contributed by atoms with Gasteiger partial charge in [-0.05, 0) is 32.4 Å². The second-order valence-electron chi connectivity index (χ2n) is 4.24. The van der Waals surface area contributed by atoms with Crippen molar-refractivity contribution < 1.29 is 14.6 Å². The molecule has 4 nitrogen and oxygen atoms in total. The van der Waals surface area contributed by atoms with Crippen LogP contribution in [0.2, 0.25) is 5.02 Å². The quantitative estimate of drug-likeness (QED) is 0.772. The smallest absolute Gasteiger partial charge is 0.162 e. The molecule has 0 aromatic heterocycles. The number of hydrogen-bond acceptors (Lipinski definition) is 4. The molecule has 0 saturated heterocycles. The molecule has 1 aromatic rings. The maximum absolute atomic E-state index is 9.21. The second-order valence-corrected chi connectivity index (χ2v) is 4.64. The van der Waals surface area contributed by atoms with Crippen LogP contribution in [-0.2, 0) is 6.54 Å². The van der Waals surface area contributed by atoms with Gasteiger partial charge in [0.2, 0.25) is 0 Å². The van der Waals surface area contributed by atoms with Crippen LogP contribution in [0.4, 0.5) is 0 Å². The Labute approximate surface area is 119 Å². The van der Waals surface area contributed by atoms with Crippen LogP contribution in [-0.4, -0.2) is 31.0 Å². The fraction of sp³-hybridized carbons (Fsp3) is 0.571. The molecule has 1 rings (SSSR count). The van der Waals surface area contributed by atoms with Crippen molar-refractivity contribution in [3.8, 4) is 11.5 Å². The number of nitrogens with one attached hydrogen (secondary N) is 1. The lowest BCUT2D eigenvalue weighted by atomic mass is 10.2. The molecule has 1 atom stereocenters. The molecule has 0 aliphatic carbocycles. The lowest BCUT2D eigenvalue weighted by Gasteiger charge is -2.14. The Morgan fingerprint density at radius 2 is 1.79 bits per heavy atom. The number of hydrogen-bond donors (Lipinski definition) is 2. The summed E-state index contributed by atoms with van der Waals surface area (Å²) in [5, 5.41) is 13.0. The summed E-state index contributed by atoms with van der Waals surface area (Å²) in [5.74, 6) is 1.36. The average Bonchev–Trinajstić information content (AvgIpc) is 2.34. The first-order valence-electron chi connectivity index (χ1n) is 6.55. The largest absolute Gasteiger partial charge is 0.490 e. The van der Waals surface area contributed by atoms with Crippen molar-refractivity contribution in [3.63, 3.8) is 0 Å². The summed E-state index contributed by atoms with van der Waals surface area (Å²) in [5.41, 5.74) is 0.925. The minimum absolute atomic E-state index is 0.382. The topological polar surface area (TPSA) is 50.7 Å². The summed E-state index contributed by atoms with van der Waals surface area (Å²) in [6, 6.07) is 3.65. The van der Waals surface area contributed by atoms with Gasteiger partial charge in [0.25, 0.3) is 0 Å². The summed E-state index contributed by atoms with van der Waals surface area (Å²) in [6.07, 6.45) is -0.382. The predicted octanol–water partition coefficient (Wildman–Crippen LogP) is 2.61. The summed E-state index contributed by atoms with van der Waals surface area (Å²) in [6.45, 7) is 7.82. The van der Waals surface area contributed by atoms with Crippen LogP contribution in [0.15, 0.2) is 12.1 Å². The molecule has 1 aromatic carbocycles. The molecule has 0 heterocycles. The van der Waals surface area contributed by atoms with E-state index in [0.717, 1.165) is 5.56 Å². The van der Waals surface area contributed by atoms with Gasteiger partial charge in [0.15, 0.2) is 11.5 Å². The van der Waals surface area contributed by atoms with E-state index in [4.69, 9.17) is 21.1 Å². The van der Waals surface area contributed by atoms with E-state index in [-0.39, 0.29) is 6.10 Å². The highest BCUT2D eigenvalue weighted by molar-refractivity contribution is 6.31. The fourth-order valence-electron chi connectivity index (χ4n) is 1.67. The van der Waals surface area contributed by atoms with Gasteiger partial charge in [0.05, 0.1) is 19.3 Å². The van der Waals surface area contributed by atoms with Crippen LogP contribution in [0.3, 0.4) is 0 Å². The molecule has 0 saturated carbocycles. The van der Waals surface area contributed by atoms with Crippen LogP contribution < -0.4 is 14.8 Å². The molecular formula is C14H22ClNO3. The summed E-state index contributed by atoms with van der Waals surface area (Å²) in [7, 11) is 0. The van der Waals surface area contributed by atoms with E-state index in [1.165, 1.54) is 0 Å². The Morgan fingerprint density at radius 1 is 1.21 bits per heavy atom. The zero-order chi connectivity index (χ0) is 14.3. The highest BCUT2D eigenvalue weighted by Crippen LogP contribution is 2.33. The Hall–Kier alpha value is -0.970. The molecule has 0 aliphatic rings. The van der Waals surface area contributed by atoms with Crippen molar-refractivity contribution >= 4 is 11.6 Å². The normalized spacial score (nSPS) is 12.3. The van der Waals surface area contributed by atoms with Crippen LogP contribution in [0.1, 0.15) is 26.3 Å². The van der Waals surface area contributed by atoms with E-state index < -0.39 is 0 Å². The molecule has 0 bridgehead atoms. The van der Waals surface area contributed by atoms with E-state index >= 15 is 0 Å². The molecular weight excluding hydrogens is 266 g/mol. The monoisotopic (exact) mass is 287 g/mol.